The number of amides is 13. The van der Waals surface area contributed by atoms with Gasteiger partial charge in [-0.1, -0.05) is 124 Å². The van der Waals surface area contributed by atoms with Gasteiger partial charge in [0.25, 0.3) is 0 Å². The Morgan fingerprint density at radius 3 is 1.93 bits per heavy atom. The van der Waals surface area contributed by atoms with Gasteiger partial charge in [0.2, 0.25) is 59.1 Å². The number of nitrogens with two attached hydrogens (primary N) is 1. The number of benzene rings is 2. The zero-order valence-electron chi connectivity index (χ0n) is 63.1. The van der Waals surface area contributed by atoms with Crippen molar-refractivity contribution in [2.24, 2.45) is 35.3 Å². The van der Waals surface area contributed by atoms with Crippen LogP contribution in [0.1, 0.15) is 130 Å². The number of nitrogens with one attached hydrogen (secondary N) is 7. The number of methoxy groups -OCH3 is 2. The number of likely N-dealkylation sites (N-methyl/N-ethyl adjacent to an activating group) is 2. The van der Waals surface area contributed by atoms with Crippen LogP contribution < -0.4 is 37.6 Å². The first kappa shape index (κ1) is 86.3. The second-order valence-corrected chi connectivity index (χ2v) is 28.8. The predicted molar refractivity (Wildman–Crippen MR) is 397 cm³/mol. The average molecular weight is 1480 g/mol. The van der Waals surface area contributed by atoms with E-state index in [4.69, 9.17) is 19.9 Å². The quantitative estimate of drug-likeness (QED) is 0.0273. The second-order valence-electron chi connectivity index (χ2n) is 27.7. The summed E-state index contributed by atoms with van der Waals surface area (Å²) in [5.41, 5.74) is 7.11. The molecule has 2 saturated heterocycles. The molecule has 11 atom stereocenters. The fourth-order valence-electron chi connectivity index (χ4n) is 13.0. The maximum Gasteiger partial charge on any atom is 0.410 e. The van der Waals surface area contributed by atoms with Crippen LogP contribution in [-0.4, -0.2) is 232 Å². The lowest BCUT2D eigenvalue weighted by atomic mass is 9.89. The van der Waals surface area contributed by atoms with E-state index < -0.39 is 132 Å². The first-order chi connectivity index (χ1) is 49.9. The molecule has 0 spiro atoms. The Balaban J connectivity index is 1.17. The molecule has 1 aromatic heterocycles. The standard InChI is InChI=1S/C74H111N15O15S/c1-16-48(10)65(56(102-14)39-61(94)89-36-23-27-55(89)66(103-15)49(11)68(95)81-54(67-76-34-35-77-67)38-50-24-20-19-21-25-50)84(12)72(99)63(46(6)7)83-71(98)64(47(8)9)85(13)74(101)104-40-51-28-30-52(31-29-51)79-69(96)53(26-22-33-78-73(75)100)80-70(97)62(45(4)5)82-57(90)41-105-37-32-60(93)88-43-86(58(91)17-2)42-87(44-88)59(92)18-3/h17-21,24-25,28-31,34-35,45-49,53-56,62-66H,2-3,16,22-23,26-27,32-33,36-44H2,1,4-15H3,(H,76,77)(H,79,96)(H,80,97)(H,81,95)(H,82,90)(H,83,98)(H3,75,78,100)/t48-,49+,53-,54-,55-,56+,62-,63-,64-,65-,66+/m0/s1. The number of hydrogen-bond donors (Lipinski definition) is 8. The number of thioether (sulfide) groups is 1. The zero-order chi connectivity index (χ0) is 77.8. The molecule has 2 aliphatic heterocycles. The molecule has 3 heterocycles. The molecular formula is C74H111N15O15S. The van der Waals surface area contributed by atoms with Gasteiger partial charge in [-0.3, -0.25) is 52.8 Å². The number of rotatable bonds is 40. The molecule has 0 radical (unpaired) electrons. The van der Waals surface area contributed by atoms with Crippen molar-refractivity contribution in [2.45, 2.75) is 175 Å². The van der Waals surface area contributed by atoms with Gasteiger partial charge in [-0.05, 0) is 91.2 Å². The number of hydrogen-bond acceptors (Lipinski definition) is 17. The van der Waals surface area contributed by atoms with E-state index in [-0.39, 0.29) is 94.0 Å². The molecule has 3 aromatic rings. The number of primary amides is 1. The van der Waals surface area contributed by atoms with Gasteiger partial charge in [-0.25, -0.2) is 14.6 Å². The summed E-state index contributed by atoms with van der Waals surface area (Å²) >= 11 is 1.14. The molecule has 31 heteroatoms. The van der Waals surface area contributed by atoms with E-state index in [1.54, 1.807) is 109 Å². The molecule has 578 valence electrons. The van der Waals surface area contributed by atoms with E-state index in [1.807, 2.05) is 44.2 Å². The minimum Gasteiger partial charge on any atom is -0.445 e. The highest BCUT2D eigenvalue weighted by Crippen LogP contribution is 2.31. The molecule has 105 heavy (non-hydrogen) atoms. The zero-order valence-corrected chi connectivity index (χ0v) is 63.9. The first-order valence-corrected chi connectivity index (χ1v) is 36.9. The molecule has 9 N–H and O–H groups in total. The molecule has 0 unspecified atom stereocenters. The molecule has 0 saturated carbocycles. The largest absolute Gasteiger partial charge is 0.445 e. The lowest BCUT2D eigenvalue weighted by Gasteiger charge is -2.41. The Bertz CT molecular complexity index is 3390. The topological polar surface area (TPSA) is 379 Å². The maximum absolute atomic E-state index is 14.9. The van der Waals surface area contributed by atoms with Crippen molar-refractivity contribution in [2.75, 3.05) is 78.2 Å². The van der Waals surface area contributed by atoms with Crippen molar-refractivity contribution in [3.63, 3.8) is 0 Å². The highest BCUT2D eigenvalue weighted by atomic mass is 32.2. The summed E-state index contributed by atoms with van der Waals surface area (Å²) in [6.07, 6.45) is 5.80. The second kappa shape index (κ2) is 42.6. The van der Waals surface area contributed by atoms with Crippen molar-refractivity contribution >= 4 is 88.6 Å². The fourth-order valence-corrected chi connectivity index (χ4v) is 13.8. The minimum absolute atomic E-state index is 0.0242. The third kappa shape index (κ3) is 25.5. The molecule has 5 rings (SSSR count). The smallest absolute Gasteiger partial charge is 0.410 e. The lowest BCUT2D eigenvalue weighted by Crippen LogP contribution is -2.60. The molecule has 13 amide bonds. The summed E-state index contributed by atoms with van der Waals surface area (Å²) in [5.74, 6) is -6.09. The van der Waals surface area contributed by atoms with Gasteiger partial charge in [0.15, 0.2) is 0 Å². The Morgan fingerprint density at radius 2 is 1.37 bits per heavy atom. The van der Waals surface area contributed by atoms with Crippen LogP contribution in [-0.2, 0) is 75.2 Å². The molecule has 2 aliphatic rings. The monoisotopic (exact) mass is 1480 g/mol. The number of anilines is 1. The van der Waals surface area contributed by atoms with E-state index in [0.29, 0.717) is 49.3 Å². The number of carbonyl (C=O) groups is 12. The van der Waals surface area contributed by atoms with Crippen LogP contribution in [0.3, 0.4) is 0 Å². The number of urea groups is 1. The Kier molecular flexibility index (Phi) is 35.0. The normalized spacial score (nSPS) is 16.6. The maximum atomic E-state index is 14.9. The van der Waals surface area contributed by atoms with E-state index >= 15 is 0 Å². The summed E-state index contributed by atoms with van der Waals surface area (Å²) in [6, 6.07) is 9.41. The molecule has 0 bridgehead atoms. The van der Waals surface area contributed by atoms with Gasteiger partial charge in [-0.15, -0.1) is 0 Å². The number of likely N-dealkylation sites (tertiary alicyclic amines) is 1. The summed E-state index contributed by atoms with van der Waals surface area (Å²) in [4.78, 5) is 179. The fraction of sp³-hybridized carbons (Fsp3) is 0.581. The number of aromatic amines is 1. The summed E-state index contributed by atoms with van der Waals surface area (Å²) in [5, 5.41) is 16.8. The van der Waals surface area contributed by atoms with Gasteiger partial charge < -0.3 is 81.3 Å². The van der Waals surface area contributed by atoms with Crippen molar-refractivity contribution in [1.29, 1.82) is 0 Å². The van der Waals surface area contributed by atoms with E-state index in [9.17, 15) is 57.5 Å². The Morgan fingerprint density at radius 1 is 0.733 bits per heavy atom. The van der Waals surface area contributed by atoms with Gasteiger partial charge in [0.1, 0.15) is 36.6 Å². The minimum atomic E-state index is -1.16. The molecule has 2 fully saturated rings. The van der Waals surface area contributed by atoms with Crippen LogP contribution in [0, 0.1) is 29.6 Å². The van der Waals surface area contributed by atoms with Crippen molar-refractivity contribution in [3.05, 3.63) is 109 Å². The van der Waals surface area contributed by atoms with E-state index in [0.717, 1.165) is 29.5 Å². The summed E-state index contributed by atoms with van der Waals surface area (Å²) in [7, 11) is 6.12. The van der Waals surface area contributed by atoms with Crippen LogP contribution in [0.25, 0.3) is 0 Å². The molecule has 30 nitrogen and oxygen atoms in total. The number of nitrogens with zero attached hydrogens (tertiary/aromatic N) is 7. The number of aromatic nitrogens is 2. The van der Waals surface area contributed by atoms with Crippen molar-refractivity contribution in [1.82, 2.24) is 66.0 Å². The van der Waals surface area contributed by atoms with Crippen LogP contribution in [0.4, 0.5) is 15.3 Å². The predicted octanol–water partition coefficient (Wildman–Crippen LogP) is 5.04. The Hall–Kier alpha value is -9.36. The van der Waals surface area contributed by atoms with Crippen LogP contribution in [0.15, 0.2) is 92.3 Å². The number of carbonyl (C=O) groups excluding carboxylic acids is 12. The average Bonchev–Trinajstić information content (AvgIpc) is 1.80. The van der Waals surface area contributed by atoms with Gasteiger partial charge in [-0.2, -0.15) is 11.8 Å². The van der Waals surface area contributed by atoms with Crippen molar-refractivity contribution in [3.8, 4) is 0 Å². The summed E-state index contributed by atoms with van der Waals surface area (Å²) < 4.78 is 17.9. The first-order valence-electron chi connectivity index (χ1n) is 35.8. The Labute approximate surface area is 621 Å². The molecule has 0 aliphatic carbocycles. The van der Waals surface area contributed by atoms with Gasteiger partial charge in [0, 0.05) is 71.7 Å². The van der Waals surface area contributed by atoms with Gasteiger partial charge >= 0.3 is 12.1 Å². The number of imidazole rings is 1. The SMILES string of the molecule is C=CC(=O)N1CN(C(=O)C=C)CN(C(=O)CCSCC(=O)N[C@H](C(=O)N[C@@H](CCCNC(N)=O)C(=O)Nc2ccc(COC(=O)N(C)[C@H](C(=O)N[C@H](C(=O)N(C)[C@@H]([C@@H](C)CC)[C@@H](CC(=O)N3CCC[C@H]3[C@H](OC)[C@@H](C)C(=O)N[C@@H](Cc3ccccc3)c3ncc[nH]3)OC)C(C)C)C(C)C)cc2)C(C)C)C1. The van der Waals surface area contributed by atoms with Crippen LogP contribution in [0.2, 0.25) is 0 Å². The number of H-pyrrole nitrogens is 1. The van der Waals surface area contributed by atoms with Gasteiger partial charge in [0.05, 0.1) is 68.4 Å². The summed E-state index contributed by atoms with van der Waals surface area (Å²) in [6.45, 7) is 23.4. The van der Waals surface area contributed by atoms with Crippen LogP contribution >= 0.6 is 11.8 Å². The third-order valence-electron chi connectivity index (χ3n) is 19.0. The lowest BCUT2D eigenvalue weighted by molar-refractivity contribution is -0.154. The third-order valence-corrected chi connectivity index (χ3v) is 20.0. The van der Waals surface area contributed by atoms with E-state index in [2.05, 4.69) is 55.0 Å². The highest BCUT2D eigenvalue weighted by molar-refractivity contribution is 7.99. The van der Waals surface area contributed by atoms with Crippen LogP contribution in [0.5, 0.6) is 0 Å². The van der Waals surface area contributed by atoms with E-state index in [1.165, 1.54) is 33.8 Å². The highest BCUT2D eigenvalue weighted by Gasteiger charge is 2.44. The molecular weight excluding hydrogens is 1370 g/mol. The molecule has 2 aromatic carbocycles. The number of ether oxygens (including phenoxy) is 3. The van der Waals surface area contributed by atoms with Crippen molar-refractivity contribution < 1.29 is 71.7 Å².